The lowest BCUT2D eigenvalue weighted by atomic mass is 10.2. The fourth-order valence-corrected chi connectivity index (χ4v) is 1.81. The van der Waals surface area contributed by atoms with E-state index in [0.29, 0.717) is 9.26 Å². The van der Waals surface area contributed by atoms with E-state index in [4.69, 9.17) is 0 Å². The van der Waals surface area contributed by atoms with Crippen molar-refractivity contribution in [3.63, 3.8) is 0 Å². The summed E-state index contributed by atoms with van der Waals surface area (Å²) < 4.78 is 48.9. The minimum atomic E-state index is -4.11. The molecule has 0 aliphatic heterocycles. The average Bonchev–Trinajstić information content (AvgIpc) is 2.13. The molecular formula is C10H10F4IN. The van der Waals surface area contributed by atoms with Crippen LogP contribution in [-0.2, 0) is 0 Å². The molecule has 0 unspecified atom stereocenters. The summed E-state index contributed by atoms with van der Waals surface area (Å²) in [6.07, 6.45) is -4.91. The molecule has 0 spiro atoms. The third-order valence-electron chi connectivity index (χ3n) is 1.88. The summed E-state index contributed by atoms with van der Waals surface area (Å²) in [6.45, 7) is 0.223. The third-order valence-corrected chi connectivity index (χ3v) is 2.78. The van der Waals surface area contributed by atoms with Gasteiger partial charge in [0.2, 0.25) is 0 Å². The summed E-state index contributed by atoms with van der Waals surface area (Å²) in [5.74, 6) is -0.356. The quantitative estimate of drug-likeness (QED) is 0.489. The van der Waals surface area contributed by atoms with Crippen LogP contribution in [0.25, 0.3) is 0 Å². The van der Waals surface area contributed by atoms with E-state index >= 15 is 0 Å². The number of alkyl halides is 3. The standard InChI is InChI=1S/C10H10F4IN/c11-7-2-3-9(8(15)6-7)16-5-1-4-10(12,13)14/h2-3,6,16H,1,4-5H2. The Morgan fingerprint density at radius 2 is 1.94 bits per heavy atom. The number of benzene rings is 1. The molecule has 1 rings (SSSR count). The van der Waals surface area contributed by atoms with Gasteiger partial charge >= 0.3 is 6.18 Å². The molecule has 0 aliphatic carbocycles. The number of anilines is 1. The smallest absolute Gasteiger partial charge is 0.384 e. The molecule has 0 radical (unpaired) electrons. The SMILES string of the molecule is Fc1ccc(NCCCC(F)(F)F)c(I)c1. The Morgan fingerprint density at radius 3 is 2.50 bits per heavy atom. The van der Waals surface area contributed by atoms with Gasteiger partial charge in [-0.2, -0.15) is 13.2 Å². The second kappa shape index (κ2) is 5.70. The molecule has 6 heteroatoms. The van der Waals surface area contributed by atoms with Crippen LogP contribution in [0.15, 0.2) is 18.2 Å². The predicted molar refractivity (Wildman–Crippen MR) is 62.9 cm³/mol. The molecule has 90 valence electrons. The Bertz CT molecular complexity index is 351. The Hall–Kier alpha value is -0.530. The van der Waals surface area contributed by atoms with Gasteiger partial charge in [0.25, 0.3) is 0 Å². The Morgan fingerprint density at radius 1 is 1.25 bits per heavy atom. The van der Waals surface area contributed by atoms with Crippen LogP contribution in [0.3, 0.4) is 0 Å². The van der Waals surface area contributed by atoms with Crippen molar-refractivity contribution >= 4 is 28.3 Å². The third kappa shape index (κ3) is 5.00. The Balaban J connectivity index is 2.38. The molecule has 0 saturated carbocycles. The minimum absolute atomic E-state index is 0.0109. The molecule has 0 atom stereocenters. The fraction of sp³-hybridized carbons (Fsp3) is 0.400. The molecule has 1 aromatic rings. The second-order valence-corrected chi connectivity index (χ2v) is 4.43. The van der Waals surface area contributed by atoms with Crippen LogP contribution < -0.4 is 5.32 Å². The highest BCUT2D eigenvalue weighted by atomic mass is 127. The number of rotatable bonds is 4. The number of hydrogen-bond acceptors (Lipinski definition) is 1. The number of nitrogens with one attached hydrogen (secondary N) is 1. The molecule has 0 bridgehead atoms. The summed E-state index contributed by atoms with van der Waals surface area (Å²) in [4.78, 5) is 0. The van der Waals surface area contributed by atoms with E-state index in [1.807, 2.05) is 22.6 Å². The molecule has 0 aromatic heterocycles. The predicted octanol–water partition coefficient (Wildman–Crippen LogP) is 4.18. The van der Waals surface area contributed by atoms with Gasteiger partial charge in [0.15, 0.2) is 0 Å². The number of hydrogen-bond donors (Lipinski definition) is 1. The Labute approximate surface area is 104 Å². The van der Waals surface area contributed by atoms with E-state index in [-0.39, 0.29) is 18.8 Å². The first-order valence-corrected chi connectivity index (χ1v) is 5.72. The molecule has 1 N–H and O–H groups in total. The summed E-state index contributed by atoms with van der Waals surface area (Å²) in [6, 6.07) is 4.12. The minimum Gasteiger partial charge on any atom is -0.384 e. The first-order valence-electron chi connectivity index (χ1n) is 4.64. The van der Waals surface area contributed by atoms with Gasteiger partial charge in [-0.05, 0) is 47.2 Å². The second-order valence-electron chi connectivity index (χ2n) is 3.27. The van der Waals surface area contributed by atoms with Crippen molar-refractivity contribution < 1.29 is 17.6 Å². The van der Waals surface area contributed by atoms with Gasteiger partial charge in [-0.3, -0.25) is 0 Å². The zero-order valence-electron chi connectivity index (χ0n) is 8.24. The molecule has 1 aromatic carbocycles. The van der Waals surface area contributed by atoms with Crippen molar-refractivity contribution in [2.75, 3.05) is 11.9 Å². The molecular weight excluding hydrogens is 337 g/mol. The van der Waals surface area contributed by atoms with Crippen LogP contribution in [0.1, 0.15) is 12.8 Å². The topological polar surface area (TPSA) is 12.0 Å². The summed E-state index contributed by atoms with van der Waals surface area (Å²) >= 11 is 1.93. The van der Waals surface area contributed by atoms with Crippen molar-refractivity contribution in [1.82, 2.24) is 0 Å². The van der Waals surface area contributed by atoms with Crippen LogP contribution in [-0.4, -0.2) is 12.7 Å². The average molecular weight is 347 g/mol. The van der Waals surface area contributed by atoms with Gasteiger partial charge in [0.1, 0.15) is 5.82 Å². The van der Waals surface area contributed by atoms with E-state index in [9.17, 15) is 17.6 Å². The van der Waals surface area contributed by atoms with Gasteiger partial charge in [-0.25, -0.2) is 4.39 Å². The lowest BCUT2D eigenvalue weighted by Gasteiger charge is -2.09. The van der Waals surface area contributed by atoms with Crippen LogP contribution in [0.5, 0.6) is 0 Å². The van der Waals surface area contributed by atoms with Gasteiger partial charge in [-0.15, -0.1) is 0 Å². The lowest BCUT2D eigenvalue weighted by Crippen LogP contribution is -2.11. The monoisotopic (exact) mass is 347 g/mol. The molecule has 16 heavy (non-hydrogen) atoms. The summed E-state index contributed by atoms with van der Waals surface area (Å²) in [5, 5.41) is 2.84. The molecule has 0 saturated heterocycles. The first-order chi connectivity index (χ1) is 7.38. The van der Waals surface area contributed by atoms with E-state index in [2.05, 4.69) is 5.32 Å². The fourth-order valence-electron chi connectivity index (χ4n) is 1.14. The van der Waals surface area contributed by atoms with Crippen molar-refractivity contribution in [1.29, 1.82) is 0 Å². The maximum atomic E-state index is 12.7. The highest BCUT2D eigenvalue weighted by Crippen LogP contribution is 2.22. The zero-order chi connectivity index (χ0) is 12.2. The van der Waals surface area contributed by atoms with Gasteiger partial charge in [0, 0.05) is 22.2 Å². The first kappa shape index (κ1) is 13.5. The normalized spacial score (nSPS) is 11.6. The van der Waals surface area contributed by atoms with Crippen LogP contribution in [0.4, 0.5) is 23.2 Å². The van der Waals surface area contributed by atoms with Crippen LogP contribution >= 0.6 is 22.6 Å². The highest BCUT2D eigenvalue weighted by molar-refractivity contribution is 14.1. The van der Waals surface area contributed by atoms with Crippen molar-refractivity contribution in [2.24, 2.45) is 0 Å². The van der Waals surface area contributed by atoms with E-state index in [1.165, 1.54) is 18.2 Å². The summed E-state index contributed by atoms with van der Waals surface area (Å²) in [7, 11) is 0. The van der Waals surface area contributed by atoms with Crippen molar-refractivity contribution in [3.05, 3.63) is 27.6 Å². The molecule has 0 heterocycles. The van der Waals surface area contributed by atoms with Crippen LogP contribution in [0, 0.1) is 9.39 Å². The van der Waals surface area contributed by atoms with E-state index in [1.54, 1.807) is 0 Å². The van der Waals surface area contributed by atoms with Gasteiger partial charge < -0.3 is 5.32 Å². The van der Waals surface area contributed by atoms with E-state index in [0.717, 1.165) is 0 Å². The maximum absolute atomic E-state index is 12.7. The molecule has 0 aliphatic rings. The van der Waals surface area contributed by atoms with Gasteiger partial charge in [0.05, 0.1) is 0 Å². The molecule has 0 amide bonds. The summed E-state index contributed by atoms with van der Waals surface area (Å²) in [5.41, 5.74) is 0.657. The Kier molecular flexibility index (Phi) is 4.82. The van der Waals surface area contributed by atoms with Crippen molar-refractivity contribution in [3.8, 4) is 0 Å². The largest absolute Gasteiger partial charge is 0.389 e. The molecule has 0 fully saturated rings. The van der Waals surface area contributed by atoms with Gasteiger partial charge in [-0.1, -0.05) is 0 Å². The van der Waals surface area contributed by atoms with E-state index < -0.39 is 12.6 Å². The number of halogens is 5. The zero-order valence-corrected chi connectivity index (χ0v) is 10.4. The molecule has 1 nitrogen and oxygen atoms in total. The maximum Gasteiger partial charge on any atom is 0.389 e. The van der Waals surface area contributed by atoms with Crippen LogP contribution in [0.2, 0.25) is 0 Å². The highest BCUT2D eigenvalue weighted by Gasteiger charge is 2.25. The lowest BCUT2D eigenvalue weighted by molar-refractivity contribution is -0.134. The van der Waals surface area contributed by atoms with Crippen molar-refractivity contribution in [2.45, 2.75) is 19.0 Å².